The number of benzene rings is 2. The fraction of sp³-hybridized carbons (Fsp3) is 0.316. The van der Waals surface area contributed by atoms with Crippen LogP contribution < -0.4 is 4.72 Å². The van der Waals surface area contributed by atoms with Crippen molar-refractivity contribution >= 4 is 15.9 Å². The quantitative estimate of drug-likeness (QED) is 0.871. The van der Waals surface area contributed by atoms with Crippen molar-refractivity contribution in [3.8, 4) is 0 Å². The van der Waals surface area contributed by atoms with Crippen LogP contribution in [0.4, 0.5) is 4.39 Å². The monoisotopic (exact) mass is 376 g/mol. The van der Waals surface area contributed by atoms with E-state index < -0.39 is 10.0 Å². The van der Waals surface area contributed by atoms with E-state index in [0.29, 0.717) is 25.9 Å². The second-order valence-electron chi connectivity index (χ2n) is 6.39. The molecule has 3 rings (SSSR count). The van der Waals surface area contributed by atoms with E-state index in [2.05, 4.69) is 4.72 Å². The lowest BCUT2D eigenvalue weighted by atomic mass is 10.0. The molecule has 1 fully saturated rings. The number of amides is 1. The summed E-state index contributed by atoms with van der Waals surface area (Å²) in [6.45, 7) is 1.00. The Morgan fingerprint density at radius 1 is 1.04 bits per heavy atom. The number of nitrogens with zero attached hydrogens (tertiary/aromatic N) is 1. The zero-order valence-corrected chi connectivity index (χ0v) is 15.1. The molecule has 2 aromatic rings. The van der Waals surface area contributed by atoms with Gasteiger partial charge in [-0.1, -0.05) is 30.3 Å². The van der Waals surface area contributed by atoms with Crippen molar-refractivity contribution in [2.45, 2.75) is 30.2 Å². The van der Waals surface area contributed by atoms with Crippen LogP contribution in [0.1, 0.15) is 18.4 Å². The number of piperidine rings is 1. The number of nitrogens with one attached hydrogen (secondary N) is 1. The molecule has 0 aliphatic carbocycles. The molecular formula is C19H21FN2O3S. The van der Waals surface area contributed by atoms with Crippen molar-refractivity contribution in [1.29, 1.82) is 0 Å². The fourth-order valence-electron chi connectivity index (χ4n) is 3.02. The van der Waals surface area contributed by atoms with Crippen molar-refractivity contribution in [3.05, 3.63) is 66.0 Å². The van der Waals surface area contributed by atoms with Crippen LogP contribution in [0.2, 0.25) is 0 Å². The van der Waals surface area contributed by atoms with E-state index in [-0.39, 0.29) is 29.1 Å². The molecule has 2 aromatic carbocycles. The second-order valence-corrected chi connectivity index (χ2v) is 8.11. The third-order valence-electron chi connectivity index (χ3n) is 4.49. The molecule has 0 bridgehead atoms. The van der Waals surface area contributed by atoms with Crippen LogP contribution in [0.15, 0.2) is 59.5 Å². The molecule has 1 N–H and O–H groups in total. The van der Waals surface area contributed by atoms with Crippen LogP contribution >= 0.6 is 0 Å². The van der Waals surface area contributed by atoms with Gasteiger partial charge in [-0.25, -0.2) is 17.5 Å². The number of halogens is 1. The number of rotatable bonds is 5. The van der Waals surface area contributed by atoms with Gasteiger partial charge in [-0.3, -0.25) is 4.79 Å². The normalized spacial score (nSPS) is 15.8. The summed E-state index contributed by atoms with van der Waals surface area (Å²) >= 11 is 0. The largest absolute Gasteiger partial charge is 0.342 e. The van der Waals surface area contributed by atoms with Gasteiger partial charge >= 0.3 is 0 Å². The van der Waals surface area contributed by atoms with E-state index in [1.807, 2.05) is 0 Å². The maximum absolute atomic E-state index is 12.9. The molecule has 138 valence electrons. The van der Waals surface area contributed by atoms with Gasteiger partial charge in [0, 0.05) is 19.1 Å². The molecule has 26 heavy (non-hydrogen) atoms. The van der Waals surface area contributed by atoms with E-state index >= 15 is 0 Å². The Morgan fingerprint density at radius 2 is 1.65 bits per heavy atom. The first-order valence-corrected chi connectivity index (χ1v) is 10.0. The number of hydrogen-bond acceptors (Lipinski definition) is 3. The van der Waals surface area contributed by atoms with Gasteiger partial charge in [0.15, 0.2) is 0 Å². The highest BCUT2D eigenvalue weighted by Gasteiger charge is 2.26. The third kappa shape index (κ3) is 4.68. The Morgan fingerprint density at radius 3 is 2.27 bits per heavy atom. The second kappa shape index (κ2) is 7.97. The van der Waals surface area contributed by atoms with E-state index in [0.717, 1.165) is 5.56 Å². The van der Waals surface area contributed by atoms with Gasteiger partial charge in [0.1, 0.15) is 5.82 Å². The lowest BCUT2D eigenvalue weighted by molar-refractivity contribution is -0.131. The summed E-state index contributed by atoms with van der Waals surface area (Å²) in [6, 6.07) is 14.0. The highest BCUT2D eigenvalue weighted by Crippen LogP contribution is 2.16. The van der Waals surface area contributed by atoms with Crippen molar-refractivity contribution in [1.82, 2.24) is 9.62 Å². The molecule has 1 heterocycles. The molecule has 1 saturated heterocycles. The van der Waals surface area contributed by atoms with Gasteiger partial charge in [-0.05, 0) is 42.7 Å². The number of carbonyl (C=O) groups is 1. The summed E-state index contributed by atoms with van der Waals surface area (Å²) in [4.78, 5) is 14.3. The molecular weight excluding hydrogens is 355 g/mol. The smallest absolute Gasteiger partial charge is 0.240 e. The highest BCUT2D eigenvalue weighted by molar-refractivity contribution is 7.89. The highest BCUT2D eigenvalue weighted by atomic mass is 32.2. The SMILES string of the molecule is O=C(Cc1ccc(F)cc1)N1CCC(NS(=O)(=O)c2ccccc2)CC1. The summed E-state index contributed by atoms with van der Waals surface area (Å²) < 4.78 is 40.4. The Bertz CT molecular complexity index is 846. The van der Waals surface area contributed by atoms with Crippen molar-refractivity contribution in [3.63, 3.8) is 0 Å². The fourth-order valence-corrected chi connectivity index (χ4v) is 4.35. The summed E-state index contributed by atoms with van der Waals surface area (Å²) in [6.07, 6.45) is 1.36. The van der Waals surface area contributed by atoms with Gasteiger partial charge in [-0.15, -0.1) is 0 Å². The molecule has 0 radical (unpaired) electrons. The minimum Gasteiger partial charge on any atom is -0.342 e. The molecule has 7 heteroatoms. The Kier molecular flexibility index (Phi) is 5.68. The van der Waals surface area contributed by atoms with E-state index in [4.69, 9.17) is 0 Å². The van der Waals surface area contributed by atoms with Gasteiger partial charge in [0.05, 0.1) is 11.3 Å². The Labute approximate surface area is 152 Å². The van der Waals surface area contributed by atoms with Gasteiger partial charge < -0.3 is 4.90 Å². The average Bonchev–Trinajstić information content (AvgIpc) is 2.64. The first-order chi connectivity index (χ1) is 12.4. The van der Waals surface area contributed by atoms with Gasteiger partial charge in [-0.2, -0.15) is 0 Å². The summed E-state index contributed by atoms with van der Waals surface area (Å²) in [7, 11) is -3.54. The van der Waals surface area contributed by atoms with Crippen LogP contribution in [0.3, 0.4) is 0 Å². The van der Waals surface area contributed by atoms with E-state index in [1.165, 1.54) is 12.1 Å². The molecule has 1 aliphatic heterocycles. The van der Waals surface area contributed by atoms with Gasteiger partial charge in [0.25, 0.3) is 0 Å². The van der Waals surface area contributed by atoms with Crippen molar-refractivity contribution in [2.75, 3.05) is 13.1 Å². The first kappa shape index (κ1) is 18.5. The summed E-state index contributed by atoms with van der Waals surface area (Å²) in [5.74, 6) is -0.353. The maximum Gasteiger partial charge on any atom is 0.240 e. The predicted octanol–water partition coefficient (Wildman–Crippen LogP) is 2.34. The molecule has 0 saturated carbocycles. The zero-order valence-electron chi connectivity index (χ0n) is 14.3. The first-order valence-electron chi connectivity index (χ1n) is 8.54. The Hall–Kier alpha value is -2.25. The van der Waals surface area contributed by atoms with Crippen LogP contribution in [-0.2, 0) is 21.2 Å². The lowest BCUT2D eigenvalue weighted by Gasteiger charge is -2.32. The molecule has 0 aromatic heterocycles. The summed E-state index contributed by atoms with van der Waals surface area (Å²) in [5.41, 5.74) is 0.767. The predicted molar refractivity (Wildman–Crippen MR) is 96.5 cm³/mol. The number of sulfonamides is 1. The van der Waals surface area contributed by atoms with Crippen LogP contribution in [0, 0.1) is 5.82 Å². The average molecular weight is 376 g/mol. The van der Waals surface area contributed by atoms with Crippen molar-refractivity contribution in [2.24, 2.45) is 0 Å². The topological polar surface area (TPSA) is 66.5 Å². The van der Waals surface area contributed by atoms with E-state index in [9.17, 15) is 17.6 Å². The lowest BCUT2D eigenvalue weighted by Crippen LogP contribution is -2.46. The third-order valence-corrected chi connectivity index (χ3v) is 6.03. The van der Waals surface area contributed by atoms with Gasteiger partial charge in [0.2, 0.25) is 15.9 Å². The number of likely N-dealkylation sites (tertiary alicyclic amines) is 1. The van der Waals surface area contributed by atoms with E-state index in [1.54, 1.807) is 47.4 Å². The van der Waals surface area contributed by atoms with Crippen LogP contribution in [-0.4, -0.2) is 38.4 Å². The standard InChI is InChI=1S/C19H21FN2O3S/c20-16-8-6-15(7-9-16)14-19(23)22-12-10-17(11-13-22)21-26(24,25)18-4-2-1-3-5-18/h1-9,17,21H,10-14H2. The molecule has 0 spiro atoms. The molecule has 0 atom stereocenters. The molecule has 0 unspecified atom stereocenters. The van der Waals surface area contributed by atoms with Crippen LogP contribution in [0.25, 0.3) is 0 Å². The molecule has 1 aliphatic rings. The number of hydrogen-bond donors (Lipinski definition) is 1. The Balaban J connectivity index is 1.52. The van der Waals surface area contributed by atoms with Crippen molar-refractivity contribution < 1.29 is 17.6 Å². The minimum atomic E-state index is -3.54. The summed E-state index contributed by atoms with van der Waals surface area (Å²) in [5, 5.41) is 0. The number of carbonyl (C=O) groups excluding carboxylic acids is 1. The van der Waals surface area contributed by atoms with Crippen LogP contribution in [0.5, 0.6) is 0 Å². The molecule has 1 amide bonds. The minimum absolute atomic E-state index is 0.0269. The zero-order chi connectivity index (χ0) is 18.6. The maximum atomic E-state index is 12.9. The molecule has 5 nitrogen and oxygen atoms in total.